The third-order valence-electron chi connectivity index (χ3n) is 4.52. The molecular weight excluding hydrogens is 272 g/mol. The van der Waals surface area contributed by atoms with Crippen LogP contribution >= 0.6 is 0 Å². The monoisotopic (exact) mass is 298 g/mol. The third-order valence-corrected chi connectivity index (χ3v) is 4.52. The molecular formula is C18H26N4. The fraction of sp³-hybridized carbons (Fsp3) is 0.500. The van der Waals surface area contributed by atoms with Crippen molar-refractivity contribution >= 4 is 11.5 Å². The smallest absolute Gasteiger partial charge is 0.193 e. The van der Waals surface area contributed by atoms with Crippen LogP contribution in [0.25, 0.3) is 5.57 Å². The molecule has 1 fully saturated rings. The number of nitrogens with zero attached hydrogens (tertiary/aromatic N) is 3. The summed E-state index contributed by atoms with van der Waals surface area (Å²) in [5.74, 6) is 1.03. The van der Waals surface area contributed by atoms with E-state index in [4.69, 9.17) is 0 Å². The zero-order valence-electron chi connectivity index (χ0n) is 13.5. The van der Waals surface area contributed by atoms with Gasteiger partial charge in [-0.1, -0.05) is 36.4 Å². The lowest BCUT2D eigenvalue weighted by molar-refractivity contribution is 0.184. The molecule has 4 heteroatoms. The number of benzene rings is 1. The van der Waals surface area contributed by atoms with Crippen LogP contribution in [0.3, 0.4) is 0 Å². The zero-order chi connectivity index (χ0) is 15.2. The maximum atomic E-state index is 4.43. The van der Waals surface area contributed by atoms with E-state index in [1.807, 2.05) is 7.05 Å². The van der Waals surface area contributed by atoms with Gasteiger partial charge < -0.3 is 15.1 Å². The first kappa shape index (κ1) is 15.1. The lowest BCUT2D eigenvalue weighted by Crippen LogP contribution is -2.47. The molecule has 22 heavy (non-hydrogen) atoms. The highest BCUT2D eigenvalue weighted by molar-refractivity contribution is 5.81. The van der Waals surface area contributed by atoms with Crippen LogP contribution in [0, 0.1) is 0 Å². The van der Waals surface area contributed by atoms with Crippen LogP contribution in [0.5, 0.6) is 0 Å². The van der Waals surface area contributed by atoms with Crippen molar-refractivity contribution in [3.8, 4) is 0 Å². The number of nitrogens with one attached hydrogen (secondary N) is 1. The van der Waals surface area contributed by atoms with Gasteiger partial charge in [0.2, 0.25) is 0 Å². The third kappa shape index (κ3) is 3.69. The Kier molecular flexibility index (Phi) is 5.11. The molecule has 0 saturated carbocycles. The maximum absolute atomic E-state index is 4.43. The van der Waals surface area contributed by atoms with E-state index < -0.39 is 0 Å². The van der Waals surface area contributed by atoms with Crippen LogP contribution in [0.2, 0.25) is 0 Å². The largest absolute Gasteiger partial charge is 0.355 e. The minimum atomic E-state index is 0.938. The number of rotatable bonds is 4. The number of hydrogen-bond donors (Lipinski definition) is 1. The summed E-state index contributed by atoms with van der Waals surface area (Å²) in [5, 5.41) is 3.50. The minimum Gasteiger partial charge on any atom is -0.355 e. The Morgan fingerprint density at radius 1 is 1.18 bits per heavy atom. The van der Waals surface area contributed by atoms with Crippen molar-refractivity contribution in [3.05, 3.63) is 42.0 Å². The zero-order valence-corrected chi connectivity index (χ0v) is 13.5. The van der Waals surface area contributed by atoms with Crippen molar-refractivity contribution < 1.29 is 0 Å². The Labute approximate surface area is 133 Å². The molecule has 4 nitrogen and oxygen atoms in total. The Balaban J connectivity index is 1.51. The second kappa shape index (κ2) is 7.45. The highest BCUT2D eigenvalue weighted by Gasteiger charge is 2.17. The second-order valence-corrected chi connectivity index (χ2v) is 5.96. The minimum absolute atomic E-state index is 0.938. The molecule has 1 saturated heterocycles. The predicted molar refractivity (Wildman–Crippen MR) is 93.0 cm³/mol. The molecule has 118 valence electrons. The van der Waals surface area contributed by atoms with Crippen molar-refractivity contribution in [1.29, 1.82) is 0 Å². The molecule has 2 aliphatic rings. The first-order chi connectivity index (χ1) is 10.9. The molecule has 1 N–H and O–H groups in total. The standard InChI is InChI=1S/C18H26N4/c1-19-18(20-10-15-21-11-5-12-21)22-13-8-17(9-14-22)16-6-3-2-4-7-16/h2-4,6-8H,5,9-15H2,1H3,(H,19,20). The summed E-state index contributed by atoms with van der Waals surface area (Å²) >= 11 is 0. The van der Waals surface area contributed by atoms with Crippen LogP contribution in [0.1, 0.15) is 18.4 Å². The summed E-state index contributed by atoms with van der Waals surface area (Å²) in [4.78, 5) is 9.25. The van der Waals surface area contributed by atoms with Gasteiger partial charge in [0.05, 0.1) is 0 Å². The summed E-state index contributed by atoms with van der Waals surface area (Å²) in [7, 11) is 1.88. The van der Waals surface area contributed by atoms with E-state index in [0.29, 0.717) is 0 Å². The fourth-order valence-corrected chi connectivity index (χ4v) is 3.04. The van der Waals surface area contributed by atoms with Gasteiger partial charge in [0.25, 0.3) is 0 Å². The quantitative estimate of drug-likeness (QED) is 0.682. The molecule has 0 radical (unpaired) electrons. The van der Waals surface area contributed by atoms with Crippen LogP contribution < -0.4 is 5.32 Å². The molecule has 0 atom stereocenters. The average Bonchev–Trinajstić information content (AvgIpc) is 2.54. The number of likely N-dealkylation sites (tertiary alicyclic amines) is 1. The van der Waals surface area contributed by atoms with Gasteiger partial charge in [0.1, 0.15) is 0 Å². The number of hydrogen-bond acceptors (Lipinski definition) is 2. The van der Waals surface area contributed by atoms with Crippen LogP contribution in [0.15, 0.2) is 41.4 Å². The Bertz CT molecular complexity index is 531. The van der Waals surface area contributed by atoms with Crippen molar-refractivity contribution in [2.45, 2.75) is 12.8 Å². The van der Waals surface area contributed by atoms with Crippen molar-refractivity contribution in [2.75, 3.05) is 46.3 Å². The van der Waals surface area contributed by atoms with Crippen LogP contribution in [0.4, 0.5) is 0 Å². The van der Waals surface area contributed by atoms with Crippen molar-refractivity contribution in [3.63, 3.8) is 0 Å². The molecule has 0 aliphatic carbocycles. The first-order valence-corrected chi connectivity index (χ1v) is 8.29. The summed E-state index contributed by atoms with van der Waals surface area (Å²) in [5.41, 5.74) is 2.80. The summed E-state index contributed by atoms with van der Waals surface area (Å²) in [6.45, 7) is 6.59. The number of aliphatic imine (C=N–C) groups is 1. The van der Waals surface area contributed by atoms with Crippen LogP contribution in [-0.4, -0.2) is 62.1 Å². The van der Waals surface area contributed by atoms with Gasteiger partial charge in [-0.05, 0) is 37.1 Å². The second-order valence-electron chi connectivity index (χ2n) is 5.96. The van der Waals surface area contributed by atoms with E-state index in [9.17, 15) is 0 Å². The maximum Gasteiger partial charge on any atom is 0.193 e. The van der Waals surface area contributed by atoms with Gasteiger partial charge in [0, 0.05) is 33.2 Å². The van der Waals surface area contributed by atoms with Gasteiger partial charge in [-0.25, -0.2) is 0 Å². The molecule has 1 aromatic carbocycles. The van der Waals surface area contributed by atoms with Gasteiger partial charge >= 0.3 is 0 Å². The molecule has 0 aromatic heterocycles. The van der Waals surface area contributed by atoms with Gasteiger partial charge in [-0.3, -0.25) is 4.99 Å². The molecule has 0 amide bonds. The molecule has 0 bridgehead atoms. The molecule has 0 spiro atoms. The molecule has 0 unspecified atom stereocenters. The lowest BCUT2D eigenvalue weighted by atomic mass is 10.00. The molecule has 2 aliphatic heterocycles. The van der Waals surface area contributed by atoms with Gasteiger partial charge in [-0.2, -0.15) is 0 Å². The number of guanidine groups is 1. The van der Waals surface area contributed by atoms with Gasteiger partial charge in [-0.15, -0.1) is 0 Å². The van der Waals surface area contributed by atoms with Crippen molar-refractivity contribution in [1.82, 2.24) is 15.1 Å². The normalized spacial score (nSPS) is 19.6. The molecule has 1 aromatic rings. The SMILES string of the molecule is CN=C(NCCN1CCC1)N1CC=C(c2ccccc2)CC1. The summed E-state index contributed by atoms with van der Waals surface area (Å²) in [6, 6.07) is 10.7. The Morgan fingerprint density at radius 2 is 2.00 bits per heavy atom. The first-order valence-electron chi connectivity index (χ1n) is 8.29. The van der Waals surface area contributed by atoms with E-state index >= 15 is 0 Å². The highest BCUT2D eigenvalue weighted by Crippen LogP contribution is 2.21. The predicted octanol–water partition coefficient (Wildman–Crippen LogP) is 2.06. The topological polar surface area (TPSA) is 30.9 Å². The average molecular weight is 298 g/mol. The Morgan fingerprint density at radius 3 is 2.59 bits per heavy atom. The Hall–Kier alpha value is -1.81. The fourth-order valence-electron chi connectivity index (χ4n) is 3.04. The molecule has 2 heterocycles. The van der Waals surface area contributed by atoms with Crippen molar-refractivity contribution in [2.24, 2.45) is 4.99 Å². The lowest BCUT2D eigenvalue weighted by Gasteiger charge is -2.33. The van der Waals surface area contributed by atoms with E-state index in [1.54, 1.807) is 0 Å². The highest BCUT2D eigenvalue weighted by atomic mass is 15.3. The van der Waals surface area contributed by atoms with E-state index in [-0.39, 0.29) is 0 Å². The summed E-state index contributed by atoms with van der Waals surface area (Å²) in [6.07, 6.45) is 4.77. The molecule has 3 rings (SSSR count). The van der Waals surface area contributed by atoms with E-state index in [0.717, 1.165) is 38.6 Å². The summed E-state index contributed by atoms with van der Waals surface area (Å²) < 4.78 is 0. The van der Waals surface area contributed by atoms with Crippen LogP contribution in [-0.2, 0) is 0 Å². The van der Waals surface area contributed by atoms with E-state index in [1.165, 1.54) is 30.6 Å². The van der Waals surface area contributed by atoms with E-state index in [2.05, 4.69) is 56.5 Å². The van der Waals surface area contributed by atoms with Gasteiger partial charge in [0.15, 0.2) is 5.96 Å².